The molecule has 0 bridgehead atoms. The van der Waals surface area contributed by atoms with Crippen molar-refractivity contribution in [3.05, 3.63) is 0 Å². The lowest BCUT2D eigenvalue weighted by Crippen LogP contribution is -2.59. The number of piperidine rings is 1. The average Bonchev–Trinajstić information content (AvgIpc) is 2.25. The zero-order chi connectivity index (χ0) is 14.0. The van der Waals surface area contributed by atoms with Crippen LogP contribution in [0.4, 0.5) is 4.79 Å². The molecule has 1 fully saturated rings. The Balaban J connectivity index is 2.66. The third kappa shape index (κ3) is 3.85. The smallest absolute Gasteiger partial charge is 0.410 e. The second kappa shape index (κ2) is 5.45. The van der Waals surface area contributed by atoms with Crippen LogP contribution in [0.1, 0.15) is 47.0 Å². The summed E-state index contributed by atoms with van der Waals surface area (Å²) in [6.45, 7) is 8.32. The van der Waals surface area contributed by atoms with Gasteiger partial charge in [-0.1, -0.05) is 6.92 Å². The lowest BCUT2D eigenvalue weighted by atomic mass is 9.85. The van der Waals surface area contributed by atoms with Crippen LogP contribution in [0.15, 0.2) is 0 Å². The number of amides is 1. The fourth-order valence-electron chi connectivity index (χ4n) is 2.23. The first-order valence-corrected chi connectivity index (χ1v) is 6.64. The summed E-state index contributed by atoms with van der Waals surface area (Å²) in [6.07, 6.45) is 1.72. The highest BCUT2D eigenvalue weighted by Gasteiger charge is 2.40. The predicted octanol–water partition coefficient (Wildman–Crippen LogP) is 1.49. The van der Waals surface area contributed by atoms with E-state index in [4.69, 9.17) is 10.5 Å². The molecule has 1 heterocycles. The Morgan fingerprint density at radius 3 is 2.67 bits per heavy atom. The standard InChI is InChI=1S/C13H26N2O3/c1-5-10(14)13(17)7-6-8-15(9-13)11(16)18-12(2,3)4/h10,17H,5-9,14H2,1-4H3. The lowest BCUT2D eigenvalue weighted by molar-refractivity contribution is -0.0572. The van der Waals surface area contributed by atoms with Crippen molar-refractivity contribution in [1.29, 1.82) is 0 Å². The van der Waals surface area contributed by atoms with E-state index in [0.29, 0.717) is 19.4 Å². The maximum Gasteiger partial charge on any atom is 0.410 e. The van der Waals surface area contributed by atoms with Crippen LogP contribution in [0.2, 0.25) is 0 Å². The van der Waals surface area contributed by atoms with Gasteiger partial charge in [-0.2, -0.15) is 0 Å². The number of β-amino-alcohol motifs (C(OH)–C–C–N with tert-alkyl or cyclic N) is 1. The van der Waals surface area contributed by atoms with Crippen molar-refractivity contribution < 1.29 is 14.6 Å². The summed E-state index contributed by atoms with van der Waals surface area (Å²) >= 11 is 0. The Labute approximate surface area is 109 Å². The molecule has 1 aliphatic rings. The summed E-state index contributed by atoms with van der Waals surface area (Å²) in [7, 11) is 0. The van der Waals surface area contributed by atoms with Gasteiger partial charge < -0.3 is 20.5 Å². The number of ether oxygens (including phenoxy) is 1. The fraction of sp³-hybridized carbons (Fsp3) is 0.923. The van der Waals surface area contributed by atoms with Crippen LogP contribution >= 0.6 is 0 Å². The molecule has 3 N–H and O–H groups in total. The Kier molecular flexibility index (Phi) is 4.61. The lowest BCUT2D eigenvalue weighted by Gasteiger charge is -2.42. The fourth-order valence-corrected chi connectivity index (χ4v) is 2.23. The van der Waals surface area contributed by atoms with Gasteiger partial charge >= 0.3 is 6.09 Å². The van der Waals surface area contributed by atoms with Crippen molar-refractivity contribution in [2.75, 3.05) is 13.1 Å². The van der Waals surface area contributed by atoms with Crippen LogP contribution in [0.3, 0.4) is 0 Å². The van der Waals surface area contributed by atoms with Gasteiger partial charge in [0.15, 0.2) is 0 Å². The molecule has 0 spiro atoms. The van der Waals surface area contributed by atoms with E-state index < -0.39 is 11.2 Å². The van der Waals surface area contributed by atoms with E-state index in [1.54, 1.807) is 4.90 Å². The van der Waals surface area contributed by atoms with Gasteiger partial charge in [-0.05, 0) is 40.0 Å². The van der Waals surface area contributed by atoms with Crippen LogP contribution in [-0.2, 0) is 4.74 Å². The normalized spacial score (nSPS) is 26.9. The number of rotatable bonds is 2. The van der Waals surface area contributed by atoms with Gasteiger partial charge in [0.05, 0.1) is 12.1 Å². The molecule has 0 radical (unpaired) electrons. The molecule has 1 aliphatic heterocycles. The van der Waals surface area contributed by atoms with E-state index >= 15 is 0 Å². The Hall–Kier alpha value is -0.810. The zero-order valence-electron chi connectivity index (χ0n) is 11.9. The minimum atomic E-state index is -0.982. The molecule has 5 nitrogen and oxygen atoms in total. The molecule has 0 aromatic heterocycles. The Morgan fingerprint density at radius 2 is 2.17 bits per heavy atom. The van der Waals surface area contributed by atoms with Gasteiger partial charge in [0.25, 0.3) is 0 Å². The van der Waals surface area contributed by atoms with E-state index in [0.717, 1.165) is 6.42 Å². The summed E-state index contributed by atoms with van der Waals surface area (Å²) in [5.74, 6) is 0. The van der Waals surface area contributed by atoms with E-state index in [9.17, 15) is 9.90 Å². The van der Waals surface area contributed by atoms with Gasteiger partial charge in [-0.3, -0.25) is 0 Å². The molecular formula is C13H26N2O3. The molecular weight excluding hydrogens is 232 g/mol. The molecule has 0 saturated carbocycles. The molecule has 0 aromatic carbocycles. The number of carbonyl (C=O) groups is 1. The van der Waals surface area contributed by atoms with Gasteiger partial charge in [0.1, 0.15) is 5.60 Å². The van der Waals surface area contributed by atoms with Gasteiger partial charge in [0, 0.05) is 12.6 Å². The van der Waals surface area contributed by atoms with Crippen molar-refractivity contribution in [3.8, 4) is 0 Å². The molecule has 0 aliphatic carbocycles. The Bertz CT molecular complexity index is 301. The van der Waals surface area contributed by atoms with Gasteiger partial charge in [0.2, 0.25) is 0 Å². The highest BCUT2D eigenvalue weighted by Crippen LogP contribution is 2.26. The molecule has 2 atom stereocenters. The second-order valence-corrected chi connectivity index (χ2v) is 6.12. The van der Waals surface area contributed by atoms with Crippen LogP contribution in [0.5, 0.6) is 0 Å². The number of hydrogen-bond donors (Lipinski definition) is 2. The van der Waals surface area contributed by atoms with Crippen LogP contribution in [-0.4, -0.2) is 46.4 Å². The molecule has 1 rings (SSSR count). The van der Waals surface area contributed by atoms with E-state index in [1.165, 1.54) is 0 Å². The number of hydrogen-bond acceptors (Lipinski definition) is 4. The number of nitrogens with zero attached hydrogens (tertiary/aromatic N) is 1. The quantitative estimate of drug-likeness (QED) is 0.786. The van der Waals surface area contributed by atoms with Crippen molar-refractivity contribution in [1.82, 2.24) is 4.90 Å². The number of likely N-dealkylation sites (tertiary alicyclic amines) is 1. The van der Waals surface area contributed by atoms with Crippen molar-refractivity contribution in [2.45, 2.75) is 64.2 Å². The summed E-state index contributed by atoms with van der Waals surface area (Å²) in [5.41, 5.74) is 4.45. The molecule has 0 aromatic rings. The van der Waals surface area contributed by atoms with E-state index in [1.807, 2.05) is 27.7 Å². The first-order valence-electron chi connectivity index (χ1n) is 6.64. The van der Waals surface area contributed by atoms with E-state index in [2.05, 4.69) is 0 Å². The summed E-state index contributed by atoms with van der Waals surface area (Å²) in [5, 5.41) is 10.5. The van der Waals surface area contributed by atoms with Crippen molar-refractivity contribution in [3.63, 3.8) is 0 Å². The minimum absolute atomic E-state index is 0.261. The van der Waals surface area contributed by atoms with E-state index in [-0.39, 0.29) is 18.7 Å². The largest absolute Gasteiger partial charge is 0.444 e. The molecule has 5 heteroatoms. The molecule has 1 saturated heterocycles. The maximum atomic E-state index is 12.0. The number of carbonyl (C=O) groups excluding carboxylic acids is 1. The number of aliphatic hydroxyl groups is 1. The Morgan fingerprint density at radius 1 is 1.56 bits per heavy atom. The second-order valence-electron chi connectivity index (χ2n) is 6.12. The first kappa shape index (κ1) is 15.2. The van der Waals surface area contributed by atoms with Gasteiger partial charge in [-0.25, -0.2) is 4.79 Å². The zero-order valence-corrected chi connectivity index (χ0v) is 11.9. The third-order valence-corrected chi connectivity index (χ3v) is 3.28. The summed E-state index contributed by atoms with van der Waals surface area (Å²) in [4.78, 5) is 13.5. The third-order valence-electron chi connectivity index (χ3n) is 3.28. The van der Waals surface area contributed by atoms with Crippen LogP contribution < -0.4 is 5.73 Å². The summed E-state index contributed by atoms with van der Waals surface area (Å²) < 4.78 is 5.32. The van der Waals surface area contributed by atoms with Crippen LogP contribution in [0, 0.1) is 0 Å². The monoisotopic (exact) mass is 258 g/mol. The molecule has 106 valence electrons. The first-order chi connectivity index (χ1) is 8.18. The van der Waals surface area contributed by atoms with Crippen molar-refractivity contribution >= 4 is 6.09 Å². The molecule has 1 amide bonds. The minimum Gasteiger partial charge on any atom is -0.444 e. The molecule has 2 unspecified atom stereocenters. The van der Waals surface area contributed by atoms with Gasteiger partial charge in [-0.15, -0.1) is 0 Å². The highest BCUT2D eigenvalue weighted by molar-refractivity contribution is 5.68. The maximum absolute atomic E-state index is 12.0. The highest BCUT2D eigenvalue weighted by atomic mass is 16.6. The number of nitrogens with two attached hydrogens (primary N) is 1. The average molecular weight is 258 g/mol. The van der Waals surface area contributed by atoms with Crippen LogP contribution in [0.25, 0.3) is 0 Å². The topological polar surface area (TPSA) is 75.8 Å². The predicted molar refractivity (Wildman–Crippen MR) is 70.3 cm³/mol. The molecule has 18 heavy (non-hydrogen) atoms. The summed E-state index contributed by atoms with van der Waals surface area (Å²) in [6, 6.07) is -0.303. The SMILES string of the molecule is CCC(N)C1(O)CCCN(C(=O)OC(C)(C)C)C1. The van der Waals surface area contributed by atoms with Crippen molar-refractivity contribution in [2.24, 2.45) is 5.73 Å².